The van der Waals surface area contributed by atoms with E-state index in [2.05, 4.69) is 15.9 Å². The molecule has 1 aromatic heterocycles. The summed E-state index contributed by atoms with van der Waals surface area (Å²) >= 11 is 2.65. The second-order valence-corrected chi connectivity index (χ2v) is 2.81. The highest BCUT2D eigenvalue weighted by molar-refractivity contribution is 9.10. The molecule has 6 heteroatoms. The van der Waals surface area contributed by atoms with Crippen LogP contribution in [0.5, 0.6) is 0 Å². The molecule has 0 aliphatic carbocycles. The van der Waals surface area contributed by atoms with Crippen LogP contribution in [0.15, 0.2) is 15.5 Å². The first-order chi connectivity index (χ1) is 5.52. The van der Waals surface area contributed by atoms with Gasteiger partial charge in [-0.2, -0.15) is 0 Å². The highest BCUT2D eigenvalue weighted by Gasteiger charge is 2.14. The predicted octanol–water partition coefficient (Wildman–Crippen LogP) is 2.21. The second-order valence-electron chi connectivity index (χ2n) is 2.02. The number of hydrogen-bond donors (Lipinski definition) is 1. The van der Waals surface area contributed by atoms with Crippen LogP contribution >= 0.6 is 15.9 Å². The van der Waals surface area contributed by atoms with Gasteiger partial charge < -0.3 is 4.98 Å². The van der Waals surface area contributed by atoms with Gasteiger partial charge in [0.05, 0.1) is 5.56 Å². The Kier molecular flexibility index (Phi) is 2.56. The number of hydrogen-bond acceptors (Lipinski definition) is 1. The molecule has 66 valence electrons. The van der Waals surface area contributed by atoms with Gasteiger partial charge in [0.15, 0.2) is 5.82 Å². The van der Waals surface area contributed by atoms with Crippen molar-refractivity contribution in [3.63, 3.8) is 0 Å². The highest BCUT2D eigenvalue weighted by atomic mass is 79.9. The molecule has 0 saturated carbocycles. The number of halogens is 4. The van der Waals surface area contributed by atoms with Crippen molar-refractivity contribution in [2.45, 2.75) is 6.43 Å². The Morgan fingerprint density at radius 2 is 2.08 bits per heavy atom. The van der Waals surface area contributed by atoms with E-state index in [4.69, 9.17) is 0 Å². The molecule has 2 nitrogen and oxygen atoms in total. The van der Waals surface area contributed by atoms with E-state index in [0.717, 1.165) is 0 Å². The van der Waals surface area contributed by atoms with Crippen molar-refractivity contribution in [1.29, 1.82) is 0 Å². The van der Waals surface area contributed by atoms with Gasteiger partial charge >= 0.3 is 0 Å². The van der Waals surface area contributed by atoms with Gasteiger partial charge in [0.25, 0.3) is 12.0 Å². The maximum Gasteiger partial charge on any atom is 0.269 e. The van der Waals surface area contributed by atoms with E-state index in [0.29, 0.717) is 6.07 Å². The van der Waals surface area contributed by atoms with Crippen LogP contribution in [0.1, 0.15) is 12.0 Å². The first kappa shape index (κ1) is 9.31. The lowest BCUT2D eigenvalue weighted by molar-refractivity contribution is 0.149. The van der Waals surface area contributed by atoms with Crippen molar-refractivity contribution in [1.82, 2.24) is 4.98 Å². The predicted molar refractivity (Wildman–Crippen MR) is 39.7 cm³/mol. The van der Waals surface area contributed by atoms with E-state index in [1.165, 1.54) is 0 Å². The van der Waals surface area contributed by atoms with Crippen LogP contribution in [0.3, 0.4) is 0 Å². The van der Waals surface area contributed by atoms with Gasteiger partial charge in [0.2, 0.25) is 0 Å². The van der Waals surface area contributed by atoms with Crippen molar-refractivity contribution < 1.29 is 13.2 Å². The van der Waals surface area contributed by atoms with E-state index in [-0.39, 0.29) is 4.60 Å². The molecule has 0 aliphatic rings. The average Bonchev–Trinajstić information content (AvgIpc) is 1.96. The zero-order valence-electron chi connectivity index (χ0n) is 5.57. The molecule has 0 radical (unpaired) electrons. The normalized spacial score (nSPS) is 10.8. The lowest BCUT2D eigenvalue weighted by Crippen LogP contribution is -2.13. The number of pyridine rings is 1. The van der Waals surface area contributed by atoms with E-state index in [1.807, 2.05) is 4.98 Å². The summed E-state index contributed by atoms with van der Waals surface area (Å²) in [6.07, 6.45) is -2.96. The zero-order valence-corrected chi connectivity index (χ0v) is 7.16. The third-order valence-electron chi connectivity index (χ3n) is 1.21. The minimum absolute atomic E-state index is 0.225. The maximum absolute atomic E-state index is 12.6. The van der Waals surface area contributed by atoms with E-state index >= 15 is 0 Å². The van der Waals surface area contributed by atoms with Crippen molar-refractivity contribution in [3.05, 3.63) is 32.4 Å². The molecule has 1 rings (SSSR count). The number of aromatic amines is 1. The molecule has 0 fully saturated rings. The summed E-state index contributed by atoms with van der Waals surface area (Å²) in [5.74, 6) is -0.912. The summed E-state index contributed by atoms with van der Waals surface area (Å²) in [7, 11) is 0. The number of nitrogens with one attached hydrogen (secondary N) is 1. The fourth-order valence-electron chi connectivity index (χ4n) is 0.659. The fraction of sp³-hybridized carbons (Fsp3) is 0.167. The molecule has 0 unspecified atom stereocenters. The molecule has 0 bridgehead atoms. The number of alkyl halides is 2. The largest absolute Gasteiger partial charge is 0.314 e. The standard InChI is InChI=1S/C6H3BrF3NO/c7-4-3(8)1-2(5(9)10)6(12)11-4/h1,5H,(H,11,12). The van der Waals surface area contributed by atoms with Crippen LogP contribution in [-0.2, 0) is 0 Å². The van der Waals surface area contributed by atoms with Gasteiger partial charge in [-0.05, 0) is 22.0 Å². The third kappa shape index (κ3) is 1.69. The van der Waals surface area contributed by atoms with E-state index in [9.17, 15) is 18.0 Å². The van der Waals surface area contributed by atoms with Crippen LogP contribution in [-0.4, -0.2) is 4.98 Å². The highest BCUT2D eigenvalue weighted by Crippen LogP contribution is 2.17. The number of H-pyrrole nitrogens is 1. The van der Waals surface area contributed by atoms with Gasteiger partial charge in [-0.15, -0.1) is 0 Å². The van der Waals surface area contributed by atoms with Gasteiger partial charge in [0, 0.05) is 0 Å². The smallest absolute Gasteiger partial charge is 0.269 e. The van der Waals surface area contributed by atoms with Gasteiger partial charge in [-0.25, -0.2) is 13.2 Å². The summed E-state index contributed by atoms with van der Waals surface area (Å²) in [4.78, 5) is 12.6. The molecule has 0 atom stereocenters. The fourth-order valence-corrected chi connectivity index (χ4v) is 0.954. The van der Waals surface area contributed by atoms with E-state index < -0.39 is 23.4 Å². The van der Waals surface area contributed by atoms with Crippen molar-refractivity contribution in [2.75, 3.05) is 0 Å². The molecule has 0 aromatic carbocycles. The van der Waals surface area contributed by atoms with E-state index in [1.54, 1.807) is 0 Å². The molecule has 0 aliphatic heterocycles. The summed E-state index contributed by atoms with van der Waals surface area (Å²) in [5.41, 5.74) is -1.85. The Hall–Kier alpha value is -0.780. The first-order valence-corrected chi connectivity index (χ1v) is 3.68. The summed E-state index contributed by atoms with van der Waals surface area (Å²) in [5, 5.41) is 0. The van der Waals surface area contributed by atoms with Crippen molar-refractivity contribution in [3.8, 4) is 0 Å². The quantitative estimate of drug-likeness (QED) is 0.752. The monoisotopic (exact) mass is 241 g/mol. The topological polar surface area (TPSA) is 32.9 Å². The average molecular weight is 242 g/mol. The Balaban J connectivity index is 3.33. The molecule has 0 saturated heterocycles. The Morgan fingerprint density at radius 3 is 2.58 bits per heavy atom. The van der Waals surface area contributed by atoms with Crippen LogP contribution < -0.4 is 5.56 Å². The van der Waals surface area contributed by atoms with Crippen LogP contribution in [0.2, 0.25) is 0 Å². The lowest BCUT2D eigenvalue weighted by Gasteiger charge is -1.99. The molecule has 0 spiro atoms. The maximum atomic E-state index is 12.6. The first-order valence-electron chi connectivity index (χ1n) is 2.88. The van der Waals surface area contributed by atoms with Crippen molar-refractivity contribution in [2.24, 2.45) is 0 Å². The summed E-state index contributed by atoms with van der Waals surface area (Å²) in [6.45, 7) is 0. The minimum atomic E-state index is -2.96. The molecular formula is C6H3BrF3NO. The number of rotatable bonds is 1. The Labute approximate surface area is 73.5 Å². The second kappa shape index (κ2) is 3.30. The zero-order chi connectivity index (χ0) is 9.30. The van der Waals surface area contributed by atoms with Gasteiger partial charge in [0.1, 0.15) is 4.60 Å². The lowest BCUT2D eigenvalue weighted by atomic mass is 10.3. The van der Waals surface area contributed by atoms with Gasteiger partial charge in [-0.1, -0.05) is 0 Å². The SMILES string of the molecule is O=c1[nH]c(Br)c(F)cc1C(F)F. The molecule has 1 aromatic rings. The molecule has 0 amide bonds. The minimum Gasteiger partial charge on any atom is -0.314 e. The third-order valence-corrected chi connectivity index (χ3v) is 1.79. The van der Waals surface area contributed by atoms with Crippen LogP contribution in [0.25, 0.3) is 0 Å². The molecule has 12 heavy (non-hydrogen) atoms. The number of aromatic nitrogens is 1. The van der Waals surface area contributed by atoms with Gasteiger partial charge in [-0.3, -0.25) is 4.79 Å². The molecule has 1 heterocycles. The Morgan fingerprint density at radius 1 is 1.50 bits per heavy atom. The van der Waals surface area contributed by atoms with Crippen molar-refractivity contribution >= 4 is 15.9 Å². The molecular weight excluding hydrogens is 239 g/mol. The van der Waals surface area contributed by atoms with Crippen LogP contribution in [0, 0.1) is 5.82 Å². The summed E-state index contributed by atoms with van der Waals surface area (Å²) < 4.78 is 36.2. The Bertz CT molecular complexity index is 349. The molecule has 1 N–H and O–H groups in total. The van der Waals surface area contributed by atoms with Crippen LogP contribution in [0.4, 0.5) is 13.2 Å². The summed E-state index contributed by atoms with van der Waals surface area (Å²) in [6, 6.07) is 0.508.